The average Bonchev–Trinajstić information content (AvgIpc) is 2.41. The molecule has 4 heteroatoms. The molecule has 0 aliphatic carbocycles. The molecule has 0 heterocycles. The molecule has 0 aromatic rings. The Kier molecular flexibility index (Phi) is 10.1. The second-order valence-electron chi connectivity index (χ2n) is 5.80. The quantitative estimate of drug-likeness (QED) is 0.455. The summed E-state index contributed by atoms with van der Waals surface area (Å²) in [6, 6.07) is 0. The zero-order chi connectivity index (χ0) is 15.5. The van der Waals surface area contributed by atoms with Crippen molar-refractivity contribution in [1.82, 2.24) is 0 Å². The van der Waals surface area contributed by atoms with Gasteiger partial charge in [-0.1, -0.05) is 47.5 Å². The standard InChI is InChI=1S/C16H30O4/c1-6-7-8-10-19-15(17)13(4)14(5)16(18)20-11-9-12(2)3/h12-14H,6-11H2,1-5H3. The minimum absolute atomic E-state index is 0.311. The van der Waals surface area contributed by atoms with E-state index in [1.54, 1.807) is 13.8 Å². The van der Waals surface area contributed by atoms with Crippen LogP contribution in [0.1, 0.15) is 60.3 Å². The van der Waals surface area contributed by atoms with E-state index in [1.165, 1.54) is 0 Å². The molecule has 0 aromatic heterocycles. The molecule has 0 rings (SSSR count). The Hall–Kier alpha value is -1.06. The molecule has 0 N–H and O–H groups in total. The van der Waals surface area contributed by atoms with E-state index in [0.717, 1.165) is 25.7 Å². The molecule has 118 valence electrons. The Balaban J connectivity index is 4.01. The van der Waals surface area contributed by atoms with Crippen molar-refractivity contribution in [3.63, 3.8) is 0 Å². The van der Waals surface area contributed by atoms with Crippen LogP contribution in [0.25, 0.3) is 0 Å². The fourth-order valence-electron chi connectivity index (χ4n) is 1.59. The summed E-state index contributed by atoms with van der Waals surface area (Å²) in [5, 5.41) is 0. The highest BCUT2D eigenvalue weighted by atomic mass is 16.5. The van der Waals surface area contributed by atoms with E-state index in [-0.39, 0.29) is 11.9 Å². The largest absolute Gasteiger partial charge is 0.465 e. The van der Waals surface area contributed by atoms with Gasteiger partial charge in [0.15, 0.2) is 0 Å². The third-order valence-corrected chi connectivity index (χ3v) is 3.43. The van der Waals surface area contributed by atoms with Crippen LogP contribution >= 0.6 is 0 Å². The molecule has 0 aromatic carbocycles. The first-order valence-electron chi connectivity index (χ1n) is 7.73. The molecule has 0 saturated heterocycles. The molecular formula is C16H30O4. The Morgan fingerprint density at radius 2 is 1.35 bits per heavy atom. The van der Waals surface area contributed by atoms with Gasteiger partial charge in [-0.05, 0) is 18.8 Å². The summed E-state index contributed by atoms with van der Waals surface area (Å²) in [4.78, 5) is 23.6. The van der Waals surface area contributed by atoms with Gasteiger partial charge in [0.2, 0.25) is 0 Å². The van der Waals surface area contributed by atoms with Crippen LogP contribution in [0, 0.1) is 17.8 Å². The smallest absolute Gasteiger partial charge is 0.309 e. The van der Waals surface area contributed by atoms with Crippen LogP contribution in [-0.4, -0.2) is 25.2 Å². The second-order valence-corrected chi connectivity index (χ2v) is 5.80. The molecule has 0 aliphatic heterocycles. The molecule has 0 fully saturated rings. The van der Waals surface area contributed by atoms with Crippen LogP contribution < -0.4 is 0 Å². The summed E-state index contributed by atoms with van der Waals surface area (Å²) >= 11 is 0. The summed E-state index contributed by atoms with van der Waals surface area (Å²) < 4.78 is 10.4. The fraction of sp³-hybridized carbons (Fsp3) is 0.875. The van der Waals surface area contributed by atoms with E-state index in [9.17, 15) is 9.59 Å². The molecule has 0 spiro atoms. The SMILES string of the molecule is CCCCCOC(=O)C(C)C(C)C(=O)OCCC(C)C. The highest BCUT2D eigenvalue weighted by Gasteiger charge is 2.28. The van der Waals surface area contributed by atoms with Crippen LogP contribution in [0.2, 0.25) is 0 Å². The topological polar surface area (TPSA) is 52.6 Å². The molecule has 4 nitrogen and oxygen atoms in total. The number of carbonyl (C=O) groups excluding carboxylic acids is 2. The molecular weight excluding hydrogens is 256 g/mol. The number of carbonyl (C=O) groups is 2. The van der Waals surface area contributed by atoms with Gasteiger partial charge in [0.1, 0.15) is 0 Å². The molecule has 0 amide bonds. The first kappa shape index (κ1) is 18.9. The molecule has 2 atom stereocenters. The van der Waals surface area contributed by atoms with Crippen molar-refractivity contribution in [2.24, 2.45) is 17.8 Å². The van der Waals surface area contributed by atoms with Crippen LogP contribution in [0.3, 0.4) is 0 Å². The number of esters is 2. The van der Waals surface area contributed by atoms with Crippen LogP contribution in [-0.2, 0) is 19.1 Å². The lowest BCUT2D eigenvalue weighted by molar-refractivity contribution is -0.159. The number of unbranched alkanes of at least 4 members (excludes halogenated alkanes) is 2. The summed E-state index contributed by atoms with van der Waals surface area (Å²) in [6.07, 6.45) is 3.86. The number of ether oxygens (including phenoxy) is 2. The van der Waals surface area contributed by atoms with Crippen LogP contribution in [0.5, 0.6) is 0 Å². The minimum atomic E-state index is -0.458. The first-order valence-corrected chi connectivity index (χ1v) is 7.73. The first-order chi connectivity index (χ1) is 9.40. The summed E-state index contributed by atoms with van der Waals surface area (Å²) in [6.45, 7) is 10.5. The van der Waals surface area contributed by atoms with Crippen molar-refractivity contribution in [1.29, 1.82) is 0 Å². The summed E-state index contributed by atoms with van der Waals surface area (Å²) in [7, 11) is 0. The maximum Gasteiger partial charge on any atom is 0.309 e. The highest BCUT2D eigenvalue weighted by Crippen LogP contribution is 2.15. The number of hydrogen-bond acceptors (Lipinski definition) is 4. The predicted octanol–water partition coefficient (Wildman–Crippen LogP) is 3.58. The zero-order valence-electron chi connectivity index (χ0n) is 13.6. The minimum Gasteiger partial charge on any atom is -0.465 e. The lowest BCUT2D eigenvalue weighted by Gasteiger charge is -2.18. The molecule has 0 aliphatic rings. The van der Waals surface area contributed by atoms with E-state index in [4.69, 9.17) is 9.47 Å². The molecule has 20 heavy (non-hydrogen) atoms. The Labute approximate surface area is 123 Å². The van der Waals surface area contributed by atoms with Gasteiger partial charge in [0.05, 0.1) is 25.0 Å². The van der Waals surface area contributed by atoms with Gasteiger partial charge in [-0.15, -0.1) is 0 Å². The van der Waals surface area contributed by atoms with Gasteiger partial charge < -0.3 is 9.47 Å². The molecule has 0 saturated carbocycles. The third kappa shape index (κ3) is 8.18. The maximum absolute atomic E-state index is 11.8. The third-order valence-electron chi connectivity index (χ3n) is 3.43. The van der Waals surface area contributed by atoms with E-state index in [1.807, 2.05) is 0 Å². The Morgan fingerprint density at radius 1 is 0.850 bits per heavy atom. The van der Waals surface area contributed by atoms with Gasteiger partial charge >= 0.3 is 11.9 Å². The lowest BCUT2D eigenvalue weighted by atomic mass is 9.96. The number of rotatable bonds is 10. The van der Waals surface area contributed by atoms with Gasteiger partial charge in [0.25, 0.3) is 0 Å². The van der Waals surface area contributed by atoms with E-state index >= 15 is 0 Å². The zero-order valence-corrected chi connectivity index (χ0v) is 13.6. The van der Waals surface area contributed by atoms with Crippen molar-refractivity contribution >= 4 is 11.9 Å². The normalized spacial score (nSPS) is 13.9. The van der Waals surface area contributed by atoms with Gasteiger partial charge in [-0.3, -0.25) is 9.59 Å². The second kappa shape index (κ2) is 10.7. The van der Waals surface area contributed by atoms with Crippen molar-refractivity contribution in [3.05, 3.63) is 0 Å². The molecule has 0 radical (unpaired) electrons. The number of hydrogen-bond donors (Lipinski definition) is 0. The van der Waals surface area contributed by atoms with Crippen molar-refractivity contribution in [3.8, 4) is 0 Å². The average molecular weight is 286 g/mol. The van der Waals surface area contributed by atoms with Crippen molar-refractivity contribution in [2.75, 3.05) is 13.2 Å². The van der Waals surface area contributed by atoms with Gasteiger partial charge in [0, 0.05) is 0 Å². The van der Waals surface area contributed by atoms with Crippen LogP contribution in [0.15, 0.2) is 0 Å². The van der Waals surface area contributed by atoms with Crippen LogP contribution in [0.4, 0.5) is 0 Å². The summed E-state index contributed by atoms with van der Waals surface area (Å²) in [5.74, 6) is -1.04. The lowest BCUT2D eigenvalue weighted by Crippen LogP contribution is -2.29. The maximum atomic E-state index is 11.8. The Bertz CT molecular complexity index is 286. The summed E-state index contributed by atoms with van der Waals surface area (Å²) in [5.41, 5.74) is 0. The monoisotopic (exact) mass is 286 g/mol. The van der Waals surface area contributed by atoms with E-state index in [0.29, 0.717) is 19.1 Å². The van der Waals surface area contributed by atoms with Crippen molar-refractivity contribution < 1.29 is 19.1 Å². The molecule has 0 bridgehead atoms. The van der Waals surface area contributed by atoms with Gasteiger partial charge in [-0.2, -0.15) is 0 Å². The Morgan fingerprint density at radius 3 is 1.80 bits per heavy atom. The molecule has 2 unspecified atom stereocenters. The highest BCUT2D eigenvalue weighted by molar-refractivity contribution is 5.81. The predicted molar refractivity (Wildman–Crippen MR) is 79.2 cm³/mol. The van der Waals surface area contributed by atoms with Crippen molar-refractivity contribution in [2.45, 2.75) is 60.3 Å². The fourth-order valence-corrected chi connectivity index (χ4v) is 1.59. The van der Waals surface area contributed by atoms with E-state index in [2.05, 4.69) is 20.8 Å². The van der Waals surface area contributed by atoms with Gasteiger partial charge in [-0.25, -0.2) is 0 Å². The van der Waals surface area contributed by atoms with E-state index < -0.39 is 11.8 Å².